The number of pyridine rings is 4. The number of amides is 3. The molecule has 1 atom stereocenters. The molecule has 41 heteroatoms. The largest absolute Gasteiger partial charge is 0.486 e. The van der Waals surface area contributed by atoms with Crippen LogP contribution in [0.4, 0.5) is 113 Å². The first kappa shape index (κ1) is 101. The zero-order valence-electron chi connectivity index (χ0n) is 78.8. The first-order valence-electron chi connectivity index (χ1n) is 45.4. The van der Waals surface area contributed by atoms with E-state index < -0.39 is 5.82 Å². The maximum atomic E-state index is 13.4. The number of halogens is 4. The van der Waals surface area contributed by atoms with Crippen molar-refractivity contribution < 1.29 is 42.5 Å². The third-order valence-electron chi connectivity index (χ3n) is 20.9. The summed E-state index contributed by atoms with van der Waals surface area (Å²) >= 11 is 20.1. The third-order valence-corrected chi connectivity index (χ3v) is 22.9. The van der Waals surface area contributed by atoms with E-state index in [0.29, 0.717) is 146 Å². The Balaban J connectivity index is 0.000000135. The second kappa shape index (κ2) is 49.8. The number of carbonyl (C=O) groups is 3. The highest BCUT2D eigenvalue weighted by Gasteiger charge is 2.31. The average Bonchev–Trinajstić information content (AvgIpc) is 1.64. The van der Waals surface area contributed by atoms with Crippen LogP contribution in [0, 0.1) is 12.7 Å². The molecule has 1 saturated heterocycles. The zero-order chi connectivity index (χ0) is 102. The summed E-state index contributed by atoms with van der Waals surface area (Å²) in [6.45, 7) is 3.79. The van der Waals surface area contributed by atoms with Gasteiger partial charge in [0.05, 0.1) is 55.1 Å². The lowest BCUT2D eigenvalue weighted by Crippen LogP contribution is -2.17. The van der Waals surface area contributed by atoms with Crippen LogP contribution in [-0.2, 0) is 32.3 Å². The molecule has 1 aliphatic heterocycles. The summed E-state index contributed by atoms with van der Waals surface area (Å²) in [5.74, 6) is 6.30. The van der Waals surface area contributed by atoms with E-state index in [1.807, 2.05) is 220 Å². The SMILES string of the molecule is Cc1cc(Nc2cc(Nc3cccc(NC(=O)/C=C/CN(C)C)c3)ncn2)ccc1Oc1ccn2ncnc2c1.O=C(/C=C/Oc1ccccn1)Nc1cccc(Nc2cc(Nc3ccc(F)c(Cl)c3)ncn2)c1.O=C(Nc1cccc(Nc2cc(Nc3ccc(OCc4ccccn4)c(Cl)c3)ncn2)c1)[C@@H]1CO1.O=c1c2ccccc2sn1-c1cccc(Nc2cc(Nc3ccc(OCc4ccccn4)c(Cl)c3)ncn2)c1. The predicted octanol–water partition coefficient (Wildman–Crippen LogP) is 22.7. The molecule has 36 nitrogen and oxygen atoms in total. The van der Waals surface area contributed by atoms with E-state index in [-0.39, 0.29) is 34.4 Å². The van der Waals surface area contributed by atoms with Crippen LogP contribution in [0.1, 0.15) is 17.0 Å². The molecule has 0 aliphatic carbocycles. The normalized spacial score (nSPS) is 11.7. The molecule has 9 aromatic carbocycles. The van der Waals surface area contributed by atoms with Gasteiger partial charge in [-0.3, -0.25) is 29.1 Å². The molecule has 0 spiro atoms. The summed E-state index contributed by atoms with van der Waals surface area (Å²) < 4.78 is 45.6. The molecule has 0 saturated carbocycles. The van der Waals surface area contributed by atoms with Gasteiger partial charge in [-0.2, -0.15) is 5.10 Å². The molecule has 148 heavy (non-hydrogen) atoms. The van der Waals surface area contributed by atoms with Gasteiger partial charge in [0.25, 0.3) is 17.4 Å². The Bertz CT molecular complexity index is 7990. The number of nitrogens with one attached hydrogen (secondary N) is 11. The highest BCUT2D eigenvalue weighted by atomic mass is 35.5. The molecule has 0 radical (unpaired) electrons. The van der Waals surface area contributed by atoms with Crippen molar-refractivity contribution in [2.45, 2.75) is 26.2 Å². The molecule has 1 fully saturated rings. The molecule has 19 aromatic rings. The summed E-state index contributed by atoms with van der Waals surface area (Å²) in [6, 6.07) is 85.3. The van der Waals surface area contributed by atoms with E-state index in [1.165, 1.54) is 73.7 Å². The molecule has 0 unspecified atom stereocenters. The molecule has 11 heterocycles. The second-order valence-corrected chi connectivity index (χ2v) is 34.5. The van der Waals surface area contributed by atoms with Crippen molar-refractivity contribution in [1.29, 1.82) is 0 Å². The first-order valence-corrected chi connectivity index (χ1v) is 47.4. The number of hydrogen-bond donors (Lipinski definition) is 11. The number of nitrogens with zero attached hydrogens (tertiary/aromatic N) is 16. The van der Waals surface area contributed by atoms with Gasteiger partial charge in [-0.25, -0.2) is 62.7 Å². The van der Waals surface area contributed by atoms with Crippen LogP contribution in [0.25, 0.3) is 21.4 Å². The minimum absolute atomic E-state index is 0.00871. The quantitative estimate of drug-likeness (QED) is 0.00998. The molecule has 10 aromatic heterocycles. The number of fused-ring (bicyclic) bond motifs is 2. The minimum Gasteiger partial charge on any atom is -0.486 e. The van der Waals surface area contributed by atoms with Gasteiger partial charge in [0.1, 0.15) is 120 Å². The Labute approximate surface area is 864 Å². The van der Waals surface area contributed by atoms with Gasteiger partial charge in [-0.15, -0.1) is 0 Å². The molecule has 3 amide bonds. The summed E-state index contributed by atoms with van der Waals surface area (Å²) in [7, 11) is 3.89. The van der Waals surface area contributed by atoms with Crippen LogP contribution in [0.2, 0.25) is 15.1 Å². The molecule has 20 rings (SSSR count). The summed E-state index contributed by atoms with van der Waals surface area (Å²) in [5.41, 5.74) is 11.9. The lowest BCUT2D eigenvalue weighted by Gasteiger charge is -2.12. The average molecular weight is 2050 g/mol. The molecular weight excluding hydrogens is 1960 g/mol. The molecular formula is C107H89Cl3FN27O9S. The van der Waals surface area contributed by atoms with E-state index in [4.69, 9.17) is 58.5 Å². The number of aromatic nitrogens is 15. The molecule has 740 valence electrons. The van der Waals surface area contributed by atoms with Crippen LogP contribution in [-0.4, -0.2) is 129 Å². The van der Waals surface area contributed by atoms with Crippen molar-refractivity contribution in [3.05, 3.63) is 414 Å². The van der Waals surface area contributed by atoms with Crippen LogP contribution >= 0.6 is 46.3 Å². The Morgan fingerprint density at radius 3 is 1.34 bits per heavy atom. The smallest absolute Gasteiger partial charge is 0.273 e. The van der Waals surface area contributed by atoms with Gasteiger partial charge >= 0.3 is 0 Å². The van der Waals surface area contributed by atoms with Crippen molar-refractivity contribution in [2.75, 3.05) is 85.7 Å². The predicted molar refractivity (Wildman–Crippen MR) is 574 cm³/mol. The molecule has 11 N–H and O–H groups in total. The topological polar surface area (TPSA) is 430 Å². The fourth-order valence-corrected chi connectivity index (χ4v) is 15.5. The highest BCUT2D eigenvalue weighted by Crippen LogP contribution is 2.36. The van der Waals surface area contributed by atoms with E-state index in [0.717, 1.165) is 67.2 Å². The minimum atomic E-state index is -0.500. The summed E-state index contributed by atoms with van der Waals surface area (Å²) in [4.78, 5) is 102. The van der Waals surface area contributed by atoms with Crippen molar-refractivity contribution in [3.63, 3.8) is 0 Å². The van der Waals surface area contributed by atoms with Gasteiger partial charge in [0.15, 0.2) is 11.8 Å². The number of ether oxygens (including phenoxy) is 5. The van der Waals surface area contributed by atoms with Crippen LogP contribution < -0.4 is 83.0 Å². The number of rotatable bonds is 35. The number of benzene rings is 9. The van der Waals surface area contributed by atoms with Gasteiger partial charge in [0, 0.05) is 142 Å². The van der Waals surface area contributed by atoms with Crippen LogP contribution in [0.3, 0.4) is 0 Å². The number of carbonyl (C=O) groups excluding carboxylic acids is 3. The van der Waals surface area contributed by atoms with E-state index in [2.05, 4.69) is 123 Å². The lowest BCUT2D eigenvalue weighted by atomic mass is 10.2. The maximum Gasteiger partial charge on any atom is 0.273 e. The van der Waals surface area contributed by atoms with Crippen molar-refractivity contribution in [2.24, 2.45) is 0 Å². The Hall–Kier alpha value is -18.7. The monoisotopic (exact) mass is 2050 g/mol. The fraction of sp³-hybridized carbons (Fsp3) is 0.0748. The van der Waals surface area contributed by atoms with Gasteiger partial charge in [-0.1, -0.05) is 107 Å². The Kier molecular flexibility index (Phi) is 33.9. The zero-order valence-corrected chi connectivity index (χ0v) is 81.9. The van der Waals surface area contributed by atoms with Gasteiger partial charge < -0.3 is 87.1 Å². The Morgan fingerprint density at radius 2 is 0.878 bits per heavy atom. The number of likely N-dealkylation sites (N-methyl/N-ethyl adjacent to an activating group) is 1. The first-order chi connectivity index (χ1) is 72.2. The van der Waals surface area contributed by atoms with E-state index in [1.54, 1.807) is 118 Å². The third kappa shape index (κ3) is 30.0. The molecule has 1 aliphatic rings. The number of hydrogen-bond acceptors (Lipinski definition) is 32. The van der Waals surface area contributed by atoms with Crippen LogP contribution in [0.5, 0.6) is 28.9 Å². The standard InChI is InChI=1S/C29H21ClN6O2S.C29H29N9O2.C25H21ClN6O3.C24H18ClFN6O2/c30-24-15-20(11-12-25(24)38-17-21-6-3-4-13-31-21)35-28-16-27(32-18-33-28)34-19-7-5-8-22(14-19)36-29(37)23-9-1-2-10-26(23)39-36;1-20-14-23(9-10-25(20)40-24-11-13-38-28(16-24)32-19-33-38)35-27-17-26(30-18-31-27)34-21-6-4-7-22(15-21)36-29(39)8-5-12-37(2)3;26-20-11-18(7-8-21(20)34-13-19-4-1-2-9-27-19)31-24-12-23(28-15-29-24)30-16-5-3-6-17(10-16)32-25(33)22-14-35-22;25-19-13-18(7-8-20(19)26)31-22-14-21(28-15-29-22)30-16-4-3-5-17(12-16)32-23(33)9-11-34-24-6-1-2-10-27-24/h1-16,18H,17H2,(H2,32,33,34,35);4-11,13-19H,12H2,1-3H3,(H,36,39)(H2,30,31,34,35);1-12,15,22H,13-14H2,(H,32,33)(H2,28,29,30,31);1-15H,(H,32,33)(H2,28,29,30,31)/b;8-5+;;11-9+/t;;22-;/m..0./s1. The number of epoxide rings is 1. The fourth-order valence-electron chi connectivity index (χ4n) is 13.8. The highest BCUT2D eigenvalue weighted by molar-refractivity contribution is 7.14. The van der Waals surface area contributed by atoms with E-state index >= 15 is 0 Å². The van der Waals surface area contributed by atoms with Gasteiger partial charge in [-0.05, 0) is 221 Å². The second-order valence-electron chi connectivity index (χ2n) is 32.3. The van der Waals surface area contributed by atoms with E-state index in [9.17, 15) is 23.6 Å². The Morgan fingerprint density at radius 1 is 0.439 bits per heavy atom. The lowest BCUT2D eigenvalue weighted by molar-refractivity contribution is -0.117. The maximum absolute atomic E-state index is 13.4. The summed E-state index contributed by atoms with van der Waals surface area (Å²) in [5, 5.41) is 39.9. The number of aryl methyl sites for hydroxylation is 1. The van der Waals surface area contributed by atoms with Gasteiger partial charge in [0.2, 0.25) is 11.8 Å². The van der Waals surface area contributed by atoms with Crippen molar-refractivity contribution in [3.8, 4) is 34.6 Å². The van der Waals surface area contributed by atoms with Crippen molar-refractivity contribution in [1.82, 2.24) is 78.3 Å². The summed E-state index contributed by atoms with van der Waals surface area (Å²) in [6.07, 6.45) is 19.7. The van der Waals surface area contributed by atoms with Crippen molar-refractivity contribution >= 4 is 189 Å². The number of anilines is 19. The molecule has 0 bridgehead atoms. The van der Waals surface area contributed by atoms with Crippen LogP contribution in [0.15, 0.2) is 371 Å².